The molecular weight excluding hydrogens is 330 g/mol. The van der Waals surface area contributed by atoms with Crippen LogP contribution in [-0.2, 0) is 4.79 Å². The molecule has 0 saturated heterocycles. The Kier molecular flexibility index (Phi) is 4.17. The number of hydrogen-bond acceptors (Lipinski definition) is 5. The minimum Gasteiger partial charge on any atom is -0.480 e. The maximum Gasteiger partial charge on any atom is 0.336 e. The fraction of sp³-hybridized carbons (Fsp3) is 0.476. The lowest BCUT2D eigenvalue weighted by atomic mass is 9.82. The van der Waals surface area contributed by atoms with Gasteiger partial charge in [-0.05, 0) is 44.9 Å². The fourth-order valence-corrected chi connectivity index (χ4v) is 3.93. The van der Waals surface area contributed by atoms with Crippen LogP contribution in [0.4, 0.5) is 0 Å². The van der Waals surface area contributed by atoms with Gasteiger partial charge in [-0.1, -0.05) is 19.3 Å². The van der Waals surface area contributed by atoms with E-state index in [1.807, 2.05) is 12.1 Å². The summed E-state index contributed by atoms with van der Waals surface area (Å²) >= 11 is 0. The molecule has 1 atom stereocenters. The van der Waals surface area contributed by atoms with Gasteiger partial charge < -0.3 is 9.15 Å². The van der Waals surface area contributed by atoms with E-state index in [0.29, 0.717) is 16.9 Å². The first kappa shape index (κ1) is 17.0. The molecule has 1 aromatic heterocycles. The summed E-state index contributed by atoms with van der Waals surface area (Å²) < 4.78 is 11.4. The lowest BCUT2D eigenvalue weighted by molar-refractivity contribution is -0.133. The van der Waals surface area contributed by atoms with Gasteiger partial charge in [-0.15, -0.1) is 0 Å². The second-order valence-electron chi connectivity index (χ2n) is 7.69. The lowest BCUT2D eigenvalue weighted by Crippen LogP contribution is -2.45. The van der Waals surface area contributed by atoms with Crippen LogP contribution in [-0.4, -0.2) is 23.6 Å². The molecule has 1 aliphatic carbocycles. The van der Waals surface area contributed by atoms with Gasteiger partial charge in [0.2, 0.25) is 0 Å². The predicted molar refractivity (Wildman–Crippen MR) is 100 cm³/mol. The molecule has 2 aliphatic rings. The summed E-state index contributed by atoms with van der Waals surface area (Å²) in [6.45, 7) is 3.54. The highest BCUT2D eigenvalue weighted by Crippen LogP contribution is 2.41. The van der Waals surface area contributed by atoms with Crippen molar-refractivity contribution in [3.8, 4) is 5.75 Å². The third-order valence-corrected chi connectivity index (χ3v) is 5.36. The van der Waals surface area contributed by atoms with Crippen LogP contribution >= 0.6 is 0 Å². The molecule has 1 fully saturated rings. The van der Waals surface area contributed by atoms with Crippen molar-refractivity contribution in [2.45, 2.75) is 63.5 Å². The molecule has 1 aliphatic heterocycles. The van der Waals surface area contributed by atoms with Crippen LogP contribution in [0.2, 0.25) is 0 Å². The average Bonchev–Trinajstić information content (AvgIpc) is 2.62. The Hall–Kier alpha value is -2.43. The second kappa shape index (κ2) is 6.38. The van der Waals surface area contributed by atoms with Gasteiger partial charge in [0.05, 0.1) is 11.5 Å². The molecule has 0 N–H and O–H groups in total. The summed E-state index contributed by atoms with van der Waals surface area (Å²) in [4.78, 5) is 29.6. The van der Waals surface area contributed by atoms with Crippen molar-refractivity contribution >= 4 is 23.0 Å². The summed E-state index contributed by atoms with van der Waals surface area (Å²) in [5.41, 5.74) is -0.354. The zero-order valence-electron chi connectivity index (χ0n) is 15.2. The van der Waals surface area contributed by atoms with Gasteiger partial charge in [-0.3, -0.25) is 9.79 Å². The first-order valence-electron chi connectivity index (χ1n) is 9.29. The molecule has 136 valence electrons. The number of ether oxygens (including phenoxy) is 1. The standard InChI is InChI=1S/C21H23NO4/c1-21(2)20(24)15(12-22-14-6-4-3-5-7-14)18-16(26-21)10-8-13-9-11-17(23)25-19(13)18/h8-12,14-15H,3-7H2,1-2H3/t15-/m0/s1. The number of rotatable bonds is 2. The quantitative estimate of drug-likeness (QED) is 0.604. The van der Waals surface area contributed by atoms with Crippen LogP contribution in [0.25, 0.3) is 11.0 Å². The van der Waals surface area contributed by atoms with Crippen molar-refractivity contribution < 1.29 is 13.9 Å². The van der Waals surface area contributed by atoms with Crippen LogP contribution in [0.1, 0.15) is 57.4 Å². The van der Waals surface area contributed by atoms with Crippen LogP contribution in [0.3, 0.4) is 0 Å². The normalized spacial score (nSPS) is 23.2. The number of hydrogen-bond donors (Lipinski definition) is 0. The largest absolute Gasteiger partial charge is 0.480 e. The molecule has 5 heteroatoms. The van der Waals surface area contributed by atoms with Gasteiger partial charge >= 0.3 is 5.63 Å². The second-order valence-corrected chi connectivity index (χ2v) is 7.69. The molecule has 1 aromatic carbocycles. The Morgan fingerprint density at radius 3 is 2.58 bits per heavy atom. The molecule has 0 bridgehead atoms. The molecule has 26 heavy (non-hydrogen) atoms. The van der Waals surface area contributed by atoms with Crippen molar-refractivity contribution in [1.29, 1.82) is 0 Å². The van der Waals surface area contributed by atoms with Crippen LogP contribution in [0, 0.1) is 0 Å². The highest BCUT2D eigenvalue weighted by molar-refractivity contribution is 6.09. The maximum absolute atomic E-state index is 13.1. The third kappa shape index (κ3) is 2.96. The number of ketones is 1. The van der Waals surface area contributed by atoms with Crippen molar-refractivity contribution in [3.63, 3.8) is 0 Å². The van der Waals surface area contributed by atoms with Gasteiger partial charge in [0, 0.05) is 23.7 Å². The lowest BCUT2D eigenvalue weighted by Gasteiger charge is -2.35. The molecular formula is C21H23NO4. The first-order chi connectivity index (χ1) is 12.5. The number of aliphatic imine (C=N–C) groups is 1. The molecule has 0 radical (unpaired) electrons. The number of benzene rings is 1. The molecule has 0 unspecified atom stereocenters. The van der Waals surface area contributed by atoms with Gasteiger partial charge in [0.15, 0.2) is 11.4 Å². The smallest absolute Gasteiger partial charge is 0.336 e. The fourth-order valence-electron chi connectivity index (χ4n) is 3.93. The van der Waals surface area contributed by atoms with Crippen molar-refractivity contribution in [2.24, 2.45) is 4.99 Å². The third-order valence-electron chi connectivity index (χ3n) is 5.36. The van der Waals surface area contributed by atoms with Crippen molar-refractivity contribution in [3.05, 3.63) is 40.2 Å². The average molecular weight is 353 g/mol. The Balaban J connectivity index is 1.84. The summed E-state index contributed by atoms with van der Waals surface area (Å²) in [6, 6.07) is 7.05. The Bertz CT molecular complexity index is 935. The van der Waals surface area contributed by atoms with E-state index in [2.05, 4.69) is 0 Å². The highest BCUT2D eigenvalue weighted by Gasteiger charge is 2.43. The number of carbonyl (C=O) groups excluding carboxylic acids is 1. The molecule has 2 aromatic rings. The van der Waals surface area contributed by atoms with Crippen molar-refractivity contribution in [2.75, 3.05) is 0 Å². The van der Waals surface area contributed by atoms with E-state index < -0.39 is 17.1 Å². The number of carbonyl (C=O) groups is 1. The van der Waals surface area contributed by atoms with Crippen molar-refractivity contribution in [1.82, 2.24) is 0 Å². The number of fused-ring (bicyclic) bond motifs is 3. The van der Waals surface area contributed by atoms with Gasteiger partial charge in [-0.25, -0.2) is 4.79 Å². The zero-order chi connectivity index (χ0) is 18.3. The molecule has 2 heterocycles. The summed E-state index contributed by atoms with van der Waals surface area (Å²) in [5, 5.41) is 0.774. The Morgan fingerprint density at radius 1 is 1.08 bits per heavy atom. The monoisotopic (exact) mass is 353 g/mol. The summed E-state index contributed by atoms with van der Waals surface area (Å²) in [5.74, 6) is -0.0509. The Morgan fingerprint density at radius 2 is 1.81 bits per heavy atom. The van der Waals surface area contributed by atoms with Crippen LogP contribution < -0.4 is 10.4 Å². The van der Waals surface area contributed by atoms with E-state index in [1.54, 1.807) is 26.1 Å². The molecule has 0 spiro atoms. The predicted octanol–water partition coefficient (Wildman–Crippen LogP) is 4.02. The van der Waals surface area contributed by atoms with E-state index >= 15 is 0 Å². The van der Waals surface area contributed by atoms with E-state index in [-0.39, 0.29) is 11.8 Å². The topological polar surface area (TPSA) is 68.9 Å². The molecule has 5 nitrogen and oxygen atoms in total. The van der Waals surface area contributed by atoms with Gasteiger partial charge in [0.25, 0.3) is 0 Å². The van der Waals surface area contributed by atoms with E-state index in [4.69, 9.17) is 14.1 Å². The van der Waals surface area contributed by atoms with E-state index in [1.165, 1.54) is 25.3 Å². The maximum atomic E-state index is 13.1. The van der Waals surface area contributed by atoms with Gasteiger partial charge in [0.1, 0.15) is 11.3 Å². The minimum atomic E-state index is -0.945. The minimum absolute atomic E-state index is 0.0661. The molecule has 4 rings (SSSR count). The number of Topliss-reactive ketones (excluding diaryl/α,β-unsaturated/α-hetero) is 1. The SMILES string of the molecule is CC1(C)Oc2ccc3ccc(=O)oc3c2[C@H](C=NC2CCCCC2)C1=O. The number of nitrogens with zero attached hydrogens (tertiary/aromatic N) is 1. The zero-order valence-corrected chi connectivity index (χ0v) is 15.2. The summed E-state index contributed by atoms with van der Waals surface area (Å²) in [7, 11) is 0. The molecule has 0 amide bonds. The first-order valence-corrected chi connectivity index (χ1v) is 9.29. The highest BCUT2D eigenvalue weighted by atomic mass is 16.5. The van der Waals surface area contributed by atoms with Crippen LogP contribution in [0.5, 0.6) is 5.75 Å². The van der Waals surface area contributed by atoms with Gasteiger partial charge in [-0.2, -0.15) is 0 Å². The molecule has 1 saturated carbocycles. The Labute approximate surface area is 152 Å². The van der Waals surface area contributed by atoms with E-state index in [9.17, 15) is 9.59 Å². The summed E-state index contributed by atoms with van der Waals surface area (Å²) in [6.07, 6.45) is 7.51. The van der Waals surface area contributed by atoms with E-state index in [0.717, 1.165) is 18.2 Å². The van der Waals surface area contributed by atoms with Crippen LogP contribution in [0.15, 0.2) is 38.5 Å².